The highest BCUT2D eigenvalue weighted by Gasteiger charge is 2.31. The van der Waals surface area contributed by atoms with Gasteiger partial charge in [0.1, 0.15) is 18.2 Å². The summed E-state index contributed by atoms with van der Waals surface area (Å²) in [5.74, 6) is 2.10. The average molecular weight is 301 g/mol. The van der Waals surface area contributed by atoms with Crippen LogP contribution in [0.15, 0.2) is 18.2 Å². The molecule has 1 saturated carbocycles. The summed E-state index contributed by atoms with van der Waals surface area (Å²) < 4.78 is 13.1. The Bertz CT molecular complexity index is 721. The van der Waals surface area contributed by atoms with Gasteiger partial charge in [-0.3, -0.25) is 4.79 Å². The minimum atomic E-state index is 0.0727. The van der Waals surface area contributed by atoms with Crippen LogP contribution in [0.4, 0.5) is 0 Å². The molecule has 1 aromatic carbocycles. The smallest absolute Gasteiger partial charge is 0.223 e. The second kappa shape index (κ2) is 5.28. The third-order valence-electron chi connectivity index (χ3n) is 4.34. The van der Waals surface area contributed by atoms with Crippen LogP contribution < -0.4 is 10.1 Å². The number of methoxy groups -OCH3 is 1. The SMILES string of the molecule is COc1ccc2nc3n(c2c1)[C@@H](CNC(=O)C1CC1)COC3. The minimum Gasteiger partial charge on any atom is -0.497 e. The number of rotatable bonds is 4. The first-order valence-electron chi connectivity index (χ1n) is 7.66. The van der Waals surface area contributed by atoms with Crippen molar-refractivity contribution >= 4 is 16.9 Å². The zero-order valence-electron chi connectivity index (χ0n) is 12.5. The van der Waals surface area contributed by atoms with Gasteiger partial charge in [-0.25, -0.2) is 4.98 Å². The Kier molecular flexibility index (Phi) is 3.26. The van der Waals surface area contributed by atoms with E-state index in [9.17, 15) is 4.79 Å². The zero-order valence-corrected chi connectivity index (χ0v) is 12.5. The van der Waals surface area contributed by atoms with E-state index in [2.05, 4.69) is 14.9 Å². The lowest BCUT2D eigenvalue weighted by molar-refractivity contribution is -0.122. The fourth-order valence-corrected chi connectivity index (χ4v) is 2.98. The predicted molar refractivity (Wildman–Crippen MR) is 80.7 cm³/mol. The Morgan fingerprint density at radius 3 is 3.14 bits per heavy atom. The van der Waals surface area contributed by atoms with Crippen molar-refractivity contribution in [2.75, 3.05) is 20.3 Å². The number of ether oxygens (including phenoxy) is 2. The van der Waals surface area contributed by atoms with E-state index >= 15 is 0 Å². The first-order valence-corrected chi connectivity index (χ1v) is 7.66. The second-order valence-electron chi connectivity index (χ2n) is 5.94. The standard InChI is InChI=1S/C16H19N3O3/c1-21-12-4-5-13-14(6-12)19-11(8-22-9-15(19)18-13)7-17-16(20)10-2-3-10/h4-6,10-11H,2-3,7-9H2,1H3,(H,17,20)/t11-/m0/s1. The van der Waals surface area contributed by atoms with Gasteiger partial charge >= 0.3 is 0 Å². The summed E-state index contributed by atoms with van der Waals surface area (Å²) in [6, 6.07) is 5.93. The van der Waals surface area contributed by atoms with E-state index in [-0.39, 0.29) is 17.9 Å². The molecular weight excluding hydrogens is 282 g/mol. The number of hydrogen-bond acceptors (Lipinski definition) is 4. The lowest BCUT2D eigenvalue weighted by atomic mass is 10.2. The molecule has 1 atom stereocenters. The molecule has 116 valence electrons. The number of carbonyl (C=O) groups excluding carboxylic acids is 1. The zero-order chi connectivity index (χ0) is 15.1. The number of aromatic nitrogens is 2. The summed E-state index contributed by atoms with van der Waals surface area (Å²) in [4.78, 5) is 16.5. The number of imidazole rings is 1. The topological polar surface area (TPSA) is 65.4 Å². The van der Waals surface area contributed by atoms with Crippen molar-refractivity contribution in [1.82, 2.24) is 14.9 Å². The fraction of sp³-hybridized carbons (Fsp3) is 0.500. The van der Waals surface area contributed by atoms with Crippen LogP contribution in [0.2, 0.25) is 0 Å². The largest absolute Gasteiger partial charge is 0.497 e. The summed E-state index contributed by atoms with van der Waals surface area (Å²) in [6.07, 6.45) is 2.03. The summed E-state index contributed by atoms with van der Waals surface area (Å²) >= 11 is 0. The quantitative estimate of drug-likeness (QED) is 0.932. The Hall–Kier alpha value is -2.08. The Morgan fingerprint density at radius 1 is 1.50 bits per heavy atom. The lowest BCUT2D eigenvalue weighted by Gasteiger charge is -2.26. The molecule has 0 radical (unpaired) electrons. The van der Waals surface area contributed by atoms with E-state index in [1.165, 1.54) is 0 Å². The van der Waals surface area contributed by atoms with Gasteiger partial charge in [-0.2, -0.15) is 0 Å². The Morgan fingerprint density at radius 2 is 2.36 bits per heavy atom. The normalized spacial score (nSPS) is 20.7. The number of fused-ring (bicyclic) bond motifs is 3. The van der Waals surface area contributed by atoms with Crippen LogP contribution in [0.5, 0.6) is 5.75 Å². The third kappa shape index (κ3) is 2.33. The monoisotopic (exact) mass is 301 g/mol. The van der Waals surface area contributed by atoms with Crippen LogP contribution in [0.25, 0.3) is 11.0 Å². The molecule has 6 heteroatoms. The Balaban J connectivity index is 1.64. The summed E-state index contributed by atoms with van der Waals surface area (Å²) in [5.41, 5.74) is 1.96. The summed E-state index contributed by atoms with van der Waals surface area (Å²) in [6.45, 7) is 1.66. The van der Waals surface area contributed by atoms with E-state index in [0.717, 1.165) is 35.4 Å². The molecule has 6 nitrogen and oxygen atoms in total. The van der Waals surface area contributed by atoms with Gasteiger partial charge in [0.05, 0.1) is 30.8 Å². The molecule has 1 aromatic heterocycles. The van der Waals surface area contributed by atoms with Crippen LogP contribution in [-0.2, 0) is 16.1 Å². The van der Waals surface area contributed by atoms with Gasteiger partial charge in [-0.15, -0.1) is 0 Å². The fourth-order valence-electron chi connectivity index (χ4n) is 2.98. The van der Waals surface area contributed by atoms with Crippen molar-refractivity contribution in [3.8, 4) is 5.75 Å². The third-order valence-corrected chi connectivity index (χ3v) is 4.34. The highest BCUT2D eigenvalue weighted by molar-refractivity contribution is 5.81. The number of amides is 1. The van der Waals surface area contributed by atoms with Gasteiger partial charge in [-0.05, 0) is 25.0 Å². The molecule has 1 N–H and O–H groups in total. The molecule has 1 aliphatic heterocycles. The summed E-state index contributed by atoms with van der Waals surface area (Å²) in [7, 11) is 1.66. The van der Waals surface area contributed by atoms with Gasteiger partial charge in [0.2, 0.25) is 5.91 Å². The van der Waals surface area contributed by atoms with Gasteiger partial charge in [-0.1, -0.05) is 0 Å². The lowest BCUT2D eigenvalue weighted by Crippen LogP contribution is -2.36. The predicted octanol–water partition coefficient (Wildman–Crippen LogP) is 1.64. The molecular formula is C16H19N3O3. The van der Waals surface area contributed by atoms with Crippen molar-refractivity contribution in [2.45, 2.75) is 25.5 Å². The number of hydrogen-bond donors (Lipinski definition) is 1. The molecule has 0 bridgehead atoms. The van der Waals surface area contributed by atoms with Gasteiger partial charge in [0.25, 0.3) is 0 Å². The summed E-state index contributed by atoms with van der Waals surface area (Å²) in [5, 5.41) is 3.04. The molecule has 2 heterocycles. The first kappa shape index (κ1) is 13.6. The molecule has 1 aliphatic carbocycles. The number of carbonyl (C=O) groups is 1. The van der Waals surface area contributed by atoms with Gasteiger partial charge in [0, 0.05) is 18.5 Å². The maximum absolute atomic E-state index is 11.9. The highest BCUT2D eigenvalue weighted by atomic mass is 16.5. The van der Waals surface area contributed by atoms with Crippen molar-refractivity contribution in [1.29, 1.82) is 0 Å². The molecule has 0 spiro atoms. The number of benzene rings is 1. The van der Waals surface area contributed by atoms with Crippen molar-refractivity contribution in [3.05, 3.63) is 24.0 Å². The molecule has 4 rings (SSSR count). The van der Waals surface area contributed by atoms with Crippen molar-refractivity contribution in [3.63, 3.8) is 0 Å². The van der Waals surface area contributed by atoms with Crippen LogP contribution >= 0.6 is 0 Å². The number of nitrogens with zero attached hydrogens (tertiary/aromatic N) is 2. The first-order chi connectivity index (χ1) is 10.8. The van der Waals surface area contributed by atoms with E-state index in [1.54, 1.807) is 7.11 Å². The molecule has 2 aliphatic rings. The van der Waals surface area contributed by atoms with E-state index in [4.69, 9.17) is 9.47 Å². The van der Waals surface area contributed by atoms with Crippen LogP contribution in [0, 0.1) is 5.92 Å². The number of nitrogens with one attached hydrogen (secondary N) is 1. The molecule has 1 amide bonds. The van der Waals surface area contributed by atoms with E-state index in [0.29, 0.717) is 19.8 Å². The minimum absolute atomic E-state index is 0.0727. The molecule has 2 aromatic rings. The molecule has 22 heavy (non-hydrogen) atoms. The van der Waals surface area contributed by atoms with E-state index < -0.39 is 0 Å². The maximum Gasteiger partial charge on any atom is 0.223 e. The van der Waals surface area contributed by atoms with Crippen LogP contribution in [0.3, 0.4) is 0 Å². The van der Waals surface area contributed by atoms with Gasteiger partial charge < -0.3 is 19.4 Å². The van der Waals surface area contributed by atoms with Gasteiger partial charge in [0.15, 0.2) is 0 Å². The van der Waals surface area contributed by atoms with Crippen LogP contribution in [0.1, 0.15) is 24.7 Å². The maximum atomic E-state index is 11.9. The Labute approximate surface area is 128 Å². The second-order valence-corrected chi connectivity index (χ2v) is 5.94. The van der Waals surface area contributed by atoms with Crippen molar-refractivity contribution in [2.24, 2.45) is 5.92 Å². The molecule has 0 saturated heterocycles. The van der Waals surface area contributed by atoms with Crippen LogP contribution in [-0.4, -0.2) is 35.7 Å². The van der Waals surface area contributed by atoms with E-state index in [1.807, 2.05) is 18.2 Å². The molecule has 0 unspecified atom stereocenters. The highest BCUT2D eigenvalue weighted by Crippen LogP contribution is 2.30. The van der Waals surface area contributed by atoms with Crippen molar-refractivity contribution < 1.29 is 14.3 Å². The molecule has 1 fully saturated rings. The average Bonchev–Trinajstić information content (AvgIpc) is 3.33.